The molecule has 1 aromatic heterocycles. The van der Waals surface area contributed by atoms with Crippen LogP contribution in [0.25, 0.3) is 0 Å². The minimum atomic E-state index is 0.809. The van der Waals surface area contributed by atoms with Crippen molar-refractivity contribution < 1.29 is 0 Å². The van der Waals surface area contributed by atoms with Crippen molar-refractivity contribution in [2.24, 2.45) is 4.99 Å². The van der Waals surface area contributed by atoms with E-state index in [9.17, 15) is 0 Å². The van der Waals surface area contributed by atoms with Crippen LogP contribution in [0.15, 0.2) is 11.3 Å². The minimum absolute atomic E-state index is 0.809. The number of hydrogen-bond donors (Lipinski definition) is 2. The molecule has 8 nitrogen and oxygen atoms in total. The molecule has 2 heterocycles. The zero-order valence-electron chi connectivity index (χ0n) is 16.0. The molecule has 1 saturated heterocycles. The third-order valence-corrected chi connectivity index (χ3v) is 4.64. The summed E-state index contributed by atoms with van der Waals surface area (Å²) in [4.78, 5) is 9.28. The Morgan fingerprint density at radius 3 is 2.80 bits per heavy atom. The predicted molar refractivity (Wildman–Crippen MR) is 102 cm³/mol. The van der Waals surface area contributed by atoms with Gasteiger partial charge in [0, 0.05) is 46.2 Å². The van der Waals surface area contributed by atoms with Crippen molar-refractivity contribution in [3.05, 3.63) is 12.2 Å². The molecule has 1 aromatic rings. The molecule has 2 N–H and O–H groups in total. The molecule has 0 spiro atoms. The number of nitrogens with one attached hydrogen (secondary N) is 2. The van der Waals surface area contributed by atoms with E-state index >= 15 is 0 Å². The van der Waals surface area contributed by atoms with Crippen LogP contribution < -0.4 is 10.6 Å². The van der Waals surface area contributed by atoms with Gasteiger partial charge in [0.05, 0.1) is 0 Å². The van der Waals surface area contributed by atoms with Crippen LogP contribution in [0.4, 0.5) is 0 Å². The maximum atomic E-state index is 4.29. The van der Waals surface area contributed by atoms with Gasteiger partial charge >= 0.3 is 0 Å². The van der Waals surface area contributed by atoms with Crippen molar-refractivity contribution in [3.8, 4) is 0 Å². The van der Waals surface area contributed by atoms with E-state index in [2.05, 4.69) is 54.2 Å². The smallest absolute Gasteiger partial charge is 0.191 e. The van der Waals surface area contributed by atoms with Gasteiger partial charge in [-0.05, 0) is 39.5 Å². The molecule has 0 saturated carbocycles. The van der Waals surface area contributed by atoms with E-state index in [1.807, 2.05) is 7.05 Å². The normalized spacial score (nSPS) is 17.5. The molecule has 1 fully saturated rings. The Labute approximate surface area is 151 Å². The summed E-state index contributed by atoms with van der Waals surface area (Å²) in [7, 11) is 4.03. The Kier molecular flexibility index (Phi) is 8.68. The van der Waals surface area contributed by atoms with Crippen LogP contribution in [0.1, 0.15) is 25.6 Å². The minimum Gasteiger partial charge on any atom is -0.356 e. The van der Waals surface area contributed by atoms with Gasteiger partial charge in [-0.1, -0.05) is 6.92 Å². The van der Waals surface area contributed by atoms with Crippen molar-refractivity contribution in [1.29, 1.82) is 0 Å². The van der Waals surface area contributed by atoms with Crippen LogP contribution in [-0.2, 0) is 13.0 Å². The van der Waals surface area contributed by atoms with Gasteiger partial charge < -0.3 is 25.0 Å². The maximum Gasteiger partial charge on any atom is 0.191 e. The Morgan fingerprint density at radius 2 is 2.00 bits per heavy atom. The Balaban J connectivity index is 1.59. The highest BCUT2D eigenvalue weighted by atomic mass is 15.3. The number of likely N-dealkylation sites (N-methyl/N-ethyl adjacent to an activating group) is 1. The van der Waals surface area contributed by atoms with Gasteiger partial charge in [0.1, 0.15) is 12.2 Å². The fourth-order valence-corrected chi connectivity index (χ4v) is 3.09. The van der Waals surface area contributed by atoms with Crippen molar-refractivity contribution >= 4 is 5.96 Å². The van der Waals surface area contributed by atoms with Crippen molar-refractivity contribution in [2.45, 2.75) is 32.7 Å². The van der Waals surface area contributed by atoms with Gasteiger partial charge in [-0.25, -0.2) is 0 Å². The van der Waals surface area contributed by atoms with E-state index in [-0.39, 0.29) is 0 Å². The third-order valence-electron chi connectivity index (χ3n) is 4.64. The number of guanidine groups is 1. The molecule has 0 atom stereocenters. The summed E-state index contributed by atoms with van der Waals surface area (Å²) < 4.78 is 2.08. The number of rotatable bonds is 8. The summed E-state index contributed by atoms with van der Waals surface area (Å²) in [5.41, 5.74) is 0. The van der Waals surface area contributed by atoms with E-state index in [1.165, 1.54) is 32.6 Å². The van der Waals surface area contributed by atoms with E-state index in [0.717, 1.165) is 50.8 Å². The Bertz CT molecular complexity index is 513. The van der Waals surface area contributed by atoms with Crippen molar-refractivity contribution in [3.63, 3.8) is 0 Å². The highest BCUT2D eigenvalue weighted by molar-refractivity contribution is 5.79. The molecular weight excluding hydrogens is 316 g/mol. The van der Waals surface area contributed by atoms with Crippen LogP contribution in [-0.4, -0.2) is 90.4 Å². The van der Waals surface area contributed by atoms with E-state index in [4.69, 9.17) is 0 Å². The zero-order chi connectivity index (χ0) is 17.9. The lowest BCUT2D eigenvalue weighted by molar-refractivity contribution is 0.274. The number of aliphatic imine (C=N–C) groups is 1. The molecule has 1 aliphatic rings. The molecular formula is C17H34N8. The van der Waals surface area contributed by atoms with Gasteiger partial charge in [-0.3, -0.25) is 4.99 Å². The molecule has 142 valence electrons. The standard InChI is InChI=1S/C17H34N8/c1-4-16-22-21-15-25(16)12-8-20-17(18-2)19-7-5-10-24-11-6-9-23(3)13-14-24/h15H,4-14H2,1-3H3,(H2,18,19,20). The number of nitrogens with zero attached hydrogens (tertiary/aromatic N) is 6. The second-order valence-corrected chi connectivity index (χ2v) is 6.57. The first-order valence-electron chi connectivity index (χ1n) is 9.45. The molecule has 0 aromatic carbocycles. The van der Waals surface area contributed by atoms with Crippen molar-refractivity contribution in [1.82, 2.24) is 35.2 Å². The van der Waals surface area contributed by atoms with Gasteiger partial charge in [0.15, 0.2) is 5.96 Å². The second-order valence-electron chi connectivity index (χ2n) is 6.57. The quantitative estimate of drug-likeness (QED) is 0.392. The fourth-order valence-electron chi connectivity index (χ4n) is 3.09. The van der Waals surface area contributed by atoms with Gasteiger partial charge in [0.25, 0.3) is 0 Å². The molecule has 0 radical (unpaired) electrons. The predicted octanol–water partition coefficient (Wildman–Crippen LogP) is 0.0331. The fraction of sp³-hybridized carbons (Fsp3) is 0.824. The first kappa shape index (κ1) is 19.7. The summed E-state index contributed by atoms with van der Waals surface area (Å²) in [5, 5.41) is 14.8. The topological polar surface area (TPSA) is 73.6 Å². The third kappa shape index (κ3) is 6.99. The van der Waals surface area contributed by atoms with Crippen LogP contribution in [0.5, 0.6) is 0 Å². The lowest BCUT2D eigenvalue weighted by atomic mass is 10.3. The van der Waals surface area contributed by atoms with Gasteiger partial charge in [0.2, 0.25) is 0 Å². The number of hydrogen-bond acceptors (Lipinski definition) is 5. The monoisotopic (exact) mass is 350 g/mol. The first-order chi connectivity index (χ1) is 12.2. The van der Waals surface area contributed by atoms with Gasteiger partial charge in [-0.15, -0.1) is 10.2 Å². The van der Waals surface area contributed by atoms with E-state index < -0.39 is 0 Å². The lowest BCUT2D eigenvalue weighted by Crippen LogP contribution is -2.40. The van der Waals surface area contributed by atoms with Crippen LogP contribution >= 0.6 is 0 Å². The van der Waals surface area contributed by atoms with E-state index in [0.29, 0.717) is 0 Å². The van der Waals surface area contributed by atoms with E-state index in [1.54, 1.807) is 6.33 Å². The Morgan fingerprint density at radius 1 is 1.16 bits per heavy atom. The van der Waals surface area contributed by atoms with Crippen molar-refractivity contribution in [2.75, 3.05) is 59.9 Å². The SMILES string of the molecule is CCc1nncn1CCNC(=NC)NCCCN1CCCN(C)CC1. The molecule has 1 aliphatic heterocycles. The zero-order valence-corrected chi connectivity index (χ0v) is 16.0. The molecule has 0 unspecified atom stereocenters. The molecule has 0 amide bonds. The first-order valence-corrected chi connectivity index (χ1v) is 9.45. The second kappa shape index (κ2) is 11.0. The molecule has 2 rings (SSSR count). The largest absolute Gasteiger partial charge is 0.356 e. The summed E-state index contributed by atoms with van der Waals surface area (Å²) in [5.74, 6) is 1.88. The summed E-state index contributed by atoms with van der Waals surface area (Å²) >= 11 is 0. The highest BCUT2D eigenvalue weighted by Gasteiger charge is 2.11. The molecule has 25 heavy (non-hydrogen) atoms. The number of aryl methyl sites for hydroxylation is 1. The van der Waals surface area contributed by atoms with Crippen LogP contribution in [0.2, 0.25) is 0 Å². The average Bonchev–Trinajstić information content (AvgIpc) is 2.98. The van der Waals surface area contributed by atoms with Crippen LogP contribution in [0.3, 0.4) is 0 Å². The molecule has 0 aliphatic carbocycles. The highest BCUT2D eigenvalue weighted by Crippen LogP contribution is 2.01. The maximum absolute atomic E-state index is 4.29. The average molecular weight is 351 g/mol. The lowest BCUT2D eigenvalue weighted by Gasteiger charge is -2.20. The molecule has 8 heteroatoms. The van der Waals surface area contributed by atoms with Gasteiger partial charge in [-0.2, -0.15) is 0 Å². The number of aromatic nitrogens is 3. The van der Waals surface area contributed by atoms with Crippen LogP contribution in [0, 0.1) is 0 Å². The summed E-state index contributed by atoms with van der Waals surface area (Å²) in [6.45, 7) is 10.6. The molecule has 0 bridgehead atoms. The Hall–Kier alpha value is -1.67. The summed E-state index contributed by atoms with van der Waals surface area (Å²) in [6, 6.07) is 0. The summed E-state index contributed by atoms with van der Waals surface area (Å²) in [6.07, 6.45) is 5.10.